The van der Waals surface area contributed by atoms with Gasteiger partial charge in [0.05, 0.1) is 6.67 Å². The number of nitrogens with one attached hydrogen (secondary N) is 1. The van der Waals surface area contributed by atoms with Crippen molar-refractivity contribution < 1.29 is 8.78 Å². The molecule has 5 N–H and O–H groups in total. The number of benzene rings is 1. The minimum atomic E-state index is -0.307. The van der Waals surface area contributed by atoms with E-state index < -0.39 is 0 Å². The van der Waals surface area contributed by atoms with Crippen LogP contribution in [0, 0.1) is 11.7 Å². The highest BCUT2D eigenvalue weighted by atomic mass is 35.5. The maximum atomic E-state index is 13.8. The second kappa shape index (κ2) is 10.9. The first-order valence-electron chi connectivity index (χ1n) is 8.04. The molecule has 1 atom stereocenters. The predicted octanol–water partition coefficient (Wildman–Crippen LogP) is 4.68. The van der Waals surface area contributed by atoms with Crippen molar-refractivity contribution in [1.29, 1.82) is 0 Å². The Kier molecular flexibility index (Phi) is 9.66. The molecule has 0 saturated heterocycles. The van der Waals surface area contributed by atoms with Gasteiger partial charge in [0.1, 0.15) is 5.82 Å². The van der Waals surface area contributed by atoms with Crippen molar-refractivity contribution in [2.24, 2.45) is 16.8 Å². The van der Waals surface area contributed by atoms with Crippen molar-refractivity contribution in [3.05, 3.63) is 45.2 Å². The Labute approximate surface area is 152 Å². The van der Waals surface area contributed by atoms with Crippen LogP contribution in [0.4, 0.5) is 8.78 Å². The number of hydrogen-bond donors (Lipinski definition) is 3. The summed E-state index contributed by atoms with van der Waals surface area (Å²) in [5.74, 6) is 0.161. The van der Waals surface area contributed by atoms with E-state index in [1.54, 1.807) is 19.1 Å². The Hall–Kier alpha value is -0.820. The van der Waals surface area contributed by atoms with Crippen LogP contribution < -0.4 is 16.2 Å². The Balaban J connectivity index is 0.000000648. The van der Waals surface area contributed by atoms with Crippen LogP contribution in [0.5, 0.6) is 0 Å². The Morgan fingerprint density at radius 3 is 2.54 bits per heavy atom. The molecule has 1 aromatic rings. The van der Waals surface area contributed by atoms with Gasteiger partial charge in [0, 0.05) is 33.8 Å². The molecule has 0 aliphatic heterocycles. The summed E-state index contributed by atoms with van der Waals surface area (Å²) in [6.07, 6.45) is 2.91. The monoisotopic (exact) mass is 377 g/mol. The van der Waals surface area contributed by atoms with E-state index in [0.29, 0.717) is 29.5 Å². The third-order valence-electron chi connectivity index (χ3n) is 3.67. The van der Waals surface area contributed by atoms with Crippen LogP contribution >= 0.6 is 23.5 Å². The minimum absolute atomic E-state index is 0.181. The summed E-state index contributed by atoms with van der Waals surface area (Å²) in [6, 6.07) is 4.48. The number of halogens is 3. The van der Waals surface area contributed by atoms with E-state index in [9.17, 15) is 8.78 Å². The van der Waals surface area contributed by atoms with Gasteiger partial charge in [0.25, 0.3) is 0 Å². The van der Waals surface area contributed by atoms with Crippen molar-refractivity contribution in [3.8, 4) is 0 Å². The lowest BCUT2D eigenvalue weighted by atomic mass is 10.1. The van der Waals surface area contributed by atoms with Gasteiger partial charge < -0.3 is 11.1 Å². The van der Waals surface area contributed by atoms with Crippen molar-refractivity contribution in [3.63, 3.8) is 0 Å². The van der Waals surface area contributed by atoms with Gasteiger partial charge in [0.15, 0.2) is 0 Å². The molecule has 0 bridgehead atoms. The van der Waals surface area contributed by atoms with Crippen LogP contribution in [0.2, 0.25) is 5.02 Å². The molecule has 7 heteroatoms. The molecule has 1 aliphatic rings. The molecule has 0 radical (unpaired) electrons. The van der Waals surface area contributed by atoms with E-state index in [1.807, 2.05) is 6.92 Å². The maximum absolute atomic E-state index is 13.8. The Morgan fingerprint density at radius 2 is 2.08 bits per heavy atom. The highest BCUT2D eigenvalue weighted by Crippen LogP contribution is 2.36. The van der Waals surface area contributed by atoms with Gasteiger partial charge in [-0.15, -0.1) is 0 Å². The molecular weight excluding hydrogens is 352 g/mol. The molecule has 0 amide bonds. The van der Waals surface area contributed by atoms with Gasteiger partial charge in [-0.3, -0.25) is 9.53 Å². The summed E-state index contributed by atoms with van der Waals surface area (Å²) < 4.78 is 24.5. The van der Waals surface area contributed by atoms with Crippen LogP contribution in [0.25, 0.3) is 0 Å². The van der Waals surface area contributed by atoms with Gasteiger partial charge in [-0.25, -0.2) is 4.39 Å². The lowest BCUT2D eigenvalue weighted by Crippen LogP contribution is -2.24. The zero-order valence-electron chi connectivity index (χ0n) is 14.1. The maximum Gasteiger partial charge on any atom is 0.129 e. The first-order chi connectivity index (χ1) is 11.5. The van der Waals surface area contributed by atoms with E-state index >= 15 is 0 Å². The molecular formula is C17H26ClF2N3S. The summed E-state index contributed by atoms with van der Waals surface area (Å²) in [5, 5.41) is 9.32. The minimum Gasteiger partial charge on any atom is -0.401 e. The van der Waals surface area contributed by atoms with Gasteiger partial charge in [-0.05, 0) is 56.2 Å². The molecule has 24 heavy (non-hydrogen) atoms. The van der Waals surface area contributed by atoms with Gasteiger partial charge in [-0.1, -0.05) is 24.6 Å². The Morgan fingerprint density at radius 1 is 1.46 bits per heavy atom. The SMILES string of the molecule is CC(NC/C(SN)=C(/N)C1CC1)c1c(F)cccc1Cl.CCCF. The largest absolute Gasteiger partial charge is 0.401 e. The quantitative estimate of drug-likeness (QED) is 0.603. The molecule has 1 aliphatic carbocycles. The summed E-state index contributed by atoms with van der Waals surface area (Å²) in [6.45, 7) is 4.02. The van der Waals surface area contributed by atoms with Crippen molar-refractivity contribution in [2.75, 3.05) is 13.2 Å². The van der Waals surface area contributed by atoms with Gasteiger partial charge in [0.2, 0.25) is 0 Å². The molecule has 2 rings (SSSR count). The number of nitrogens with two attached hydrogens (primary N) is 2. The van der Waals surface area contributed by atoms with Gasteiger partial charge >= 0.3 is 0 Å². The second-order valence-electron chi connectivity index (χ2n) is 5.70. The van der Waals surface area contributed by atoms with E-state index in [1.165, 1.54) is 6.07 Å². The highest BCUT2D eigenvalue weighted by molar-refractivity contribution is 8.01. The molecule has 136 valence electrons. The van der Waals surface area contributed by atoms with Crippen LogP contribution in [0.15, 0.2) is 28.8 Å². The number of hydrogen-bond acceptors (Lipinski definition) is 4. The summed E-state index contributed by atoms with van der Waals surface area (Å²) >= 11 is 7.21. The van der Waals surface area contributed by atoms with Crippen LogP contribution in [-0.4, -0.2) is 13.2 Å². The molecule has 1 aromatic carbocycles. The number of allylic oxidation sites excluding steroid dienone is 1. The lowest BCUT2D eigenvalue weighted by Gasteiger charge is -2.18. The summed E-state index contributed by atoms with van der Waals surface area (Å²) in [4.78, 5) is 0.923. The molecule has 3 nitrogen and oxygen atoms in total. The van der Waals surface area contributed by atoms with Crippen LogP contribution in [0.1, 0.15) is 44.7 Å². The summed E-state index contributed by atoms with van der Waals surface area (Å²) in [5.41, 5.74) is 7.39. The topological polar surface area (TPSA) is 64.1 Å². The standard InChI is InChI=1S/C14H19ClFN3S.C3H7F/c1-8(13-10(15)3-2-4-11(13)16)19-7-12(20-18)14(17)9-5-6-9;1-2-3-4/h2-4,8-9,19H,5-7,17-18H2,1H3;2-3H2,1H3/b14-12-;. The molecule has 1 unspecified atom stereocenters. The third kappa shape index (κ3) is 6.59. The van der Waals surface area contributed by atoms with Crippen molar-refractivity contribution >= 4 is 23.5 Å². The van der Waals surface area contributed by atoms with Gasteiger partial charge in [-0.2, -0.15) is 0 Å². The van der Waals surface area contributed by atoms with Crippen molar-refractivity contribution in [2.45, 2.75) is 39.2 Å². The number of rotatable bonds is 7. The fourth-order valence-electron chi connectivity index (χ4n) is 2.11. The predicted molar refractivity (Wildman–Crippen MR) is 99.8 cm³/mol. The van der Waals surface area contributed by atoms with E-state index in [0.717, 1.165) is 35.4 Å². The first-order valence-corrected chi connectivity index (χ1v) is 9.30. The normalized spacial score (nSPS) is 16.1. The molecule has 0 spiro atoms. The molecule has 1 saturated carbocycles. The average Bonchev–Trinajstić information content (AvgIpc) is 3.40. The Bertz CT molecular complexity index is 528. The number of alkyl halides is 1. The van der Waals surface area contributed by atoms with E-state index in [-0.39, 0.29) is 18.5 Å². The van der Waals surface area contributed by atoms with Crippen LogP contribution in [-0.2, 0) is 0 Å². The zero-order chi connectivity index (χ0) is 18.1. The van der Waals surface area contributed by atoms with E-state index in [2.05, 4.69) is 5.32 Å². The fraction of sp³-hybridized carbons (Fsp3) is 0.529. The molecule has 1 fully saturated rings. The molecule has 0 heterocycles. The first kappa shape index (κ1) is 21.2. The third-order valence-corrected chi connectivity index (χ3v) is 4.67. The smallest absolute Gasteiger partial charge is 0.129 e. The highest BCUT2D eigenvalue weighted by Gasteiger charge is 2.26. The zero-order valence-corrected chi connectivity index (χ0v) is 15.7. The van der Waals surface area contributed by atoms with E-state index in [4.69, 9.17) is 22.5 Å². The van der Waals surface area contributed by atoms with Crippen LogP contribution in [0.3, 0.4) is 0 Å². The summed E-state index contributed by atoms with van der Waals surface area (Å²) in [7, 11) is 0. The average molecular weight is 378 g/mol. The second-order valence-corrected chi connectivity index (χ2v) is 6.83. The lowest BCUT2D eigenvalue weighted by molar-refractivity contribution is 0.487. The van der Waals surface area contributed by atoms with Crippen molar-refractivity contribution in [1.82, 2.24) is 5.32 Å². The molecule has 0 aromatic heterocycles. The fourth-order valence-corrected chi connectivity index (χ4v) is 2.90.